The van der Waals surface area contributed by atoms with Gasteiger partial charge in [-0.2, -0.15) is 0 Å². The fraction of sp³-hybridized carbons (Fsp3) is 0.294. The molecule has 2 unspecified atom stereocenters. The number of fused-ring (bicyclic) bond motifs is 1. The van der Waals surface area contributed by atoms with Crippen LogP contribution in [-0.2, 0) is 6.42 Å². The van der Waals surface area contributed by atoms with Crippen molar-refractivity contribution in [1.29, 1.82) is 0 Å². The molecule has 1 heterocycles. The number of halogens is 2. The van der Waals surface area contributed by atoms with Gasteiger partial charge >= 0.3 is 0 Å². The summed E-state index contributed by atoms with van der Waals surface area (Å²) in [4.78, 5) is 0. The lowest BCUT2D eigenvalue weighted by Crippen LogP contribution is -2.31. The van der Waals surface area contributed by atoms with Gasteiger partial charge in [0, 0.05) is 24.0 Å². The van der Waals surface area contributed by atoms with Gasteiger partial charge in [-0.3, -0.25) is 0 Å². The molecule has 0 saturated heterocycles. The van der Waals surface area contributed by atoms with Crippen LogP contribution < -0.4 is 10.1 Å². The molecule has 0 aliphatic carbocycles. The fourth-order valence-electron chi connectivity index (χ4n) is 2.60. The standard InChI is InChI=1S/C17H17ClFNO/c1-11(12-3-2-4-15(19)8-12)20-10-16-9-13-7-14(18)5-6-17(13)21-16/h2-8,11,16,20H,9-10H2,1H3. The van der Waals surface area contributed by atoms with Gasteiger partial charge in [0.1, 0.15) is 17.7 Å². The van der Waals surface area contributed by atoms with Crippen LogP contribution in [-0.4, -0.2) is 12.6 Å². The molecule has 0 amide bonds. The van der Waals surface area contributed by atoms with Gasteiger partial charge in [-0.1, -0.05) is 23.7 Å². The van der Waals surface area contributed by atoms with E-state index in [0.29, 0.717) is 6.54 Å². The van der Waals surface area contributed by atoms with Crippen LogP contribution >= 0.6 is 11.6 Å². The molecule has 0 fully saturated rings. The van der Waals surface area contributed by atoms with Crippen LogP contribution in [0.2, 0.25) is 5.02 Å². The Balaban J connectivity index is 1.57. The van der Waals surface area contributed by atoms with Gasteiger partial charge < -0.3 is 10.1 Å². The van der Waals surface area contributed by atoms with Crippen molar-refractivity contribution in [1.82, 2.24) is 5.32 Å². The Bertz CT molecular complexity index is 646. The average Bonchev–Trinajstić information content (AvgIpc) is 2.86. The van der Waals surface area contributed by atoms with E-state index in [1.165, 1.54) is 6.07 Å². The first-order valence-electron chi connectivity index (χ1n) is 7.06. The maximum absolute atomic E-state index is 13.2. The molecule has 2 nitrogen and oxygen atoms in total. The van der Waals surface area contributed by atoms with Crippen LogP contribution in [0.3, 0.4) is 0 Å². The summed E-state index contributed by atoms with van der Waals surface area (Å²) < 4.78 is 19.1. The maximum atomic E-state index is 13.2. The highest BCUT2D eigenvalue weighted by atomic mass is 35.5. The van der Waals surface area contributed by atoms with Gasteiger partial charge in [0.2, 0.25) is 0 Å². The van der Waals surface area contributed by atoms with E-state index in [1.54, 1.807) is 12.1 Å². The zero-order chi connectivity index (χ0) is 14.8. The SMILES string of the molecule is CC(NCC1Cc2cc(Cl)ccc2O1)c1cccc(F)c1. The third-order valence-electron chi connectivity index (χ3n) is 3.76. The Kier molecular flexibility index (Phi) is 4.13. The molecule has 110 valence electrons. The molecule has 2 atom stereocenters. The second kappa shape index (κ2) is 6.04. The molecule has 1 aliphatic heterocycles. The molecule has 21 heavy (non-hydrogen) atoms. The molecule has 3 rings (SSSR count). The number of ether oxygens (including phenoxy) is 1. The van der Waals surface area contributed by atoms with E-state index in [-0.39, 0.29) is 18.0 Å². The van der Waals surface area contributed by atoms with Crippen molar-refractivity contribution >= 4 is 11.6 Å². The molecule has 0 aromatic heterocycles. The van der Waals surface area contributed by atoms with Crippen molar-refractivity contribution < 1.29 is 9.13 Å². The van der Waals surface area contributed by atoms with E-state index in [2.05, 4.69) is 5.32 Å². The van der Waals surface area contributed by atoms with Gasteiger partial charge in [0.15, 0.2) is 0 Å². The lowest BCUT2D eigenvalue weighted by atomic mass is 10.1. The first kappa shape index (κ1) is 14.4. The van der Waals surface area contributed by atoms with E-state index < -0.39 is 0 Å². The third-order valence-corrected chi connectivity index (χ3v) is 4.00. The minimum Gasteiger partial charge on any atom is -0.488 e. The number of hydrogen-bond acceptors (Lipinski definition) is 2. The topological polar surface area (TPSA) is 21.3 Å². The quantitative estimate of drug-likeness (QED) is 0.917. The Morgan fingerprint density at radius 1 is 1.33 bits per heavy atom. The number of nitrogens with one attached hydrogen (secondary N) is 1. The van der Waals surface area contributed by atoms with Crippen molar-refractivity contribution in [2.75, 3.05) is 6.54 Å². The Hall–Kier alpha value is -1.58. The highest BCUT2D eigenvalue weighted by molar-refractivity contribution is 6.30. The van der Waals surface area contributed by atoms with E-state index in [0.717, 1.165) is 28.3 Å². The van der Waals surface area contributed by atoms with Gasteiger partial charge in [-0.25, -0.2) is 4.39 Å². The van der Waals surface area contributed by atoms with Gasteiger partial charge in [0.25, 0.3) is 0 Å². The van der Waals surface area contributed by atoms with E-state index in [4.69, 9.17) is 16.3 Å². The zero-order valence-corrected chi connectivity index (χ0v) is 12.5. The molecule has 2 aromatic rings. The van der Waals surface area contributed by atoms with E-state index >= 15 is 0 Å². The summed E-state index contributed by atoms with van der Waals surface area (Å²) in [6.45, 7) is 2.73. The van der Waals surface area contributed by atoms with E-state index in [1.807, 2.05) is 31.2 Å². The summed E-state index contributed by atoms with van der Waals surface area (Å²) in [5.41, 5.74) is 2.08. The Morgan fingerprint density at radius 3 is 3.00 bits per heavy atom. The van der Waals surface area contributed by atoms with Crippen LogP contribution in [0.4, 0.5) is 4.39 Å². The van der Waals surface area contributed by atoms with Crippen LogP contribution in [0.5, 0.6) is 5.75 Å². The molecule has 1 aliphatic rings. The number of rotatable bonds is 4. The zero-order valence-electron chi connectivity index (χ0n) is 11.8. The number of benzene rings is 2. The number of hydrogen-bond donors (Lipinski definition) is 1. The summed E-state index contributed by atoms with van der Waals surface area (Å²) >= 11 is 5.99. The smallest absolute Gasteiger partial charge is 0.123 e. The molecule has 0 radical (unpaired) electrons. The first-order chi connectivity index (χ1) is 10.1. The summed E-state index contributed by atoms with van der Waals surface area (Å²) in [6, 6.07) is 12.4. The van der Waals surface area contributed by atoms with E-state index in [9.17, 15) is 4.39 Å². The maximum Gasteiger partial charge on any atom is 0.123 e. The third kappa shape index (κ3) is 3.36. The lowest BCUT2D eigenvalue weighted by Gasteiger charge is -2.17. The molecule has 0 bridgehead atoms. The van der Waals surface area contributed by atoms with Crippen molar-refractivity contribution in [2.24, 2.45) is 0 Å². The molecule has 2 aromatic carbocycles. The Morgan fingerprint density at radius 2 is 2.19 bits per heavy atom. The van der Waals surface area contributed by atoms with Crippen LogP contribution in [0.1, 0.15) is 24.1 Å². The van der Waals surface area contributed by atoms with Crippen molar-refractivity contribution in [3.8, 4) is 5.75 Å². The molecule has 0 saturated carbocycles. The predicted molar refractivity (Wildman–Crippen MR) is 82.4 cm³/mol. The van der Waals surface area contributed by atoms with Gasteiger partial charge in [0.05, 0.1) is 0 Å². The minimum atomic E-state index is -0.208. The minimum absolute atomic E-state index is 0.0802. The summed E-state index contributed by atoms with van der Waals surface area (Å²) in [5.74, 6) is 0.699. The van der Waals surface area contributed by atoms with Crippen molar-refractivity contribution in [2.45, 2.75) is 25.5 Å². The second-order valence-corrected chi connectivity index (χ2v) is 5.82. The molecular formula is C17H17ClFNO. The highest BCUT2D eigenvalue weighted by Gasteiger charge is 2.23. The highest BCUT2D eigenvalue weighted by Crippen LogP contribution is 2.31. The normalized spacial score (nSPS) is 18.1. The molecule has 0 spiro atoms. The monoisotopic (exact) mass is 305 g/mol. The van der Waals surface area contributed by atoms with Crippen LogP contribution in [0.15, 0.2) is 42.5 Å². The lowest BCUT2D eigenvalue weighted by molar-refractivity contribution is 0.222. The molecule has 1 N–H and O–H groups in total. The summed E-state index contributed by atoms with van der Waals surface area (Å²) in [6.07, 6.45) is 0.938. The first-order valence-corrected chi connectivity index (χ1v) is 7.43. The average molecular weight is 306 g/mol. The summed E-state index contributed by atoms with van der Waals surface area (Å²) in [5, 5.41) is 4.13. The summed E-state index contributed by atoms with van der Waals surface area (Å²) in [7, 11) is 0. The fourth-order valence-corrected chi connectivity index (χ4v) is 2.80. The second-order valence-electron chi connectivity index (χ2n) is 5.38. The predicted octanol–water partition coefficient (Wildman–Crippen LogP) is 4.13. The largest absolute Gasteiger partial charge is 0.488 e. The van der Waals surface area contributed by atoms with Crippen molar-refractivity contribution in [3.63, 3.8) is 0 Å². The van der Waals surface area contributed by atoms with Gasteiger partial charge in [-0.15, -0.1) is 0 Å². The van der Waals surface area contributed by atoms with Crippen LogP contribution in [0.25, 0.3) is 0 Å². The van der Waals surface area contributed by atoms with Gasteiger partial charge in [-0.05, 0) is 48.4 Å². The van der Waals surface area contributed by atoms with Crippen LogP contribution in [0, 0.1) is 5.82 Å². The molecular weight excluding hydrogens is 289 g/mol. The molecule has 4 heteroatoms. The van der Waals surface area contributed by atoms with Crippen molar-refractivity contribution in [3.05, 3.63) is 64.4 Å². The Labute approximate surface area is 128 Å².